The molecule has 0 atom stereocenters. The van der Waals surface area contributed by atoms with Gasteiger partial charge in [0.15, 0.2) is 0 Å². The van der Waals surface area contributed by atoms with Gasteiger partial charge in [0.25, 0.3) is 0 Å². The molecule has 1 N–H and O–H groups in total. The molecule has 4 nitrogen and oxygen atoms in total. The van der Waals surface area contributed by atoms with Crippen molar-refractivity contribution in [1.82, 2.24) is 0 Å². The molecule has 0 spiro atoms. The standard InChI is InChI=1S/2C9H12O2S/c2*1-6-5-8(7(2)12-6)3-4-9(10)11/h2*5H,3-4H2,1-2H3,(H,10,11)/p-1. The highest BCUT2D eigenvalue weighted by atomic mass is 32.1. The van der Waals surface area contributed by atoms with Crippen LogP contribution in [0, 0.1) is 27.7 Å². The summed E-state index contributed by atoms with van der Waals surface area (Å²) in [6.07, 6.45) is 1.61. The minimum Gasteiger partial charge on any atom is -0.550 e. The minimum atomic E-state index is -0.974. The number of carbonyl (C=O) groups is 2. The molecule has 0 aromatic carbocycles. The molecule has 6 heteroatoms. The minimum absolute atomic E-state index is 0.122. The second-order valence-corrected chi connectivity index (χ2v) is 8.56. The Kier molecular flexibility index (Phi) is 8.15. The van der Waals surface area contributed by atoms with E-state index in [4.69, 9.17) is 5.11 Å². The number of carboxylic acids is 2. The zero-order chi connectivity index (χ0) is 18.3. The lowest BCUT2D eigenvalue weighted by Gasteiger charge is -2.00. The molecule has 0 unspecified atom stereocenters. The lowest BCUT2D eigenvalue weighted by molar-refractivity contribution is -0.305. The molecule has 0 saturated carbocycles. The van der Waals surface area contributed by atoms with Crippen LogP contribution in [0.15, 0.2) is 12.1 Å². The molecule has 0 amide bonds. The summed E-state index contributed by atoms with van der Waals surface area (Å²) >= 11 is 3.44. The van der Waals surface area contributed by atoms with Gasteiger partial charge in [0, 0.05) is 31.9 Å². The van der Waals surface area contributed by atoms with Crippen molar-refractivity contribution in [3.63, 3.8) is 0 Å². The molecule has 2 heterocycles. The average molecular weight is 368 g/mol. The first-order chi connectivity index (χ1) is 11.2. The molecule has 2 rings (SSSR count). The predicted molar refractivity (Wildman–Crippen MR) is 96.9 cm³/mol. The highest BCUT2D eigenvalue weighted by Crippen LogP contribution is 2.22. The van der Waals surface area contributed by atoms with Crippen molar-refractivity contribution in [1.29, 1.82) is 0 Å². The maximum Gasteiger partial charge on any atom is 0.303 e. The molecule has 2 aromatic heterocycles. The van der Waals surface area contributed by atoms with Crippen molar-refractivity contribution in [3.05, 3.63) is 42.8 Å². The average Bonchev–Trinajstić information content (AvgIpc) is 2.96. The monoisotopic (exact) mass is 367 g/mol. The molecule has 0 bridgehead atoms. The van der Waals surface area contributed by atoms with Gasteiger partial charge in [0.1, 0.15) is 0 Å². The normalized spacial score (nSPS) is 10.2. The fourth-order valence-electron chi connectivity index (χ4n) is 2.34. The van der Waals surface area contributed by atoms with Crippen LogP contribution in [0.4, 0.5) is 0 Å². The smallest absolute Gasteiger partial charge is 0.303 e. The van der Waals surface area contributed by atoms with Crippen molar-refractivity contribution < 1.29 is 19.8 Å². The molecule has 132 valence electrons. The van der Waals surface area contributed by atoms with E-state index in [0.717, 1.165) is 5.56 Å². The first-order valence-corrected chi connectivity index (χ1v) is 9.35. The Hall–Kier alpha value is -1.66. The van der Waals surface area contributed by atoms with Crippen LogP contribution in [0.2, 0.25) is 0 Å². The second-order valence-electron chi connectivity index (χ2n) is 5.64. The number of carbonyl (C=O) groups excluding carboxylic acids is 1. The highest BCUT2D eigenvalue weighted by Gasteiger charge is 2.04. The number of hydrogen-bond acceptors (Lipinski definition) is 5. The van der Waals surface area contributed by atoms with Gasteiger partial charge in [0.2, 0.25) is 0 Å². The number of carboxylic acid groups (broad SMARTS) is 2. The first-order valence-electron chi connectivity index (χ1n) is 7.72. The van der Waals surface area contributed by atoms with Gasteiger partial charge in [-0.05, 0) is 70.2 Å². The van der Waals surface area contributed by atoms with Crippen molar-refractivity contribution in [2.75, 3.05) is 0 Å². The van der Waals surface area contributed by atoms with E-state index in [1.165, 1.54) is 25.1 Å². The largest absolute Gasteiger partial charge is 0.550 e. The molecule has 2 aromatic rings. The molecule has 0 aliphatic rings. The summed E-state index contributed by atoms with van der Waals surface area (Å²) in [5.74, 6) is -1.70. The molecule has 0 aliphatic heterocycles. The van der Waals surface area contributed by atoms with Crippen LogP contribution < -0.4 is 5.11 Å². The lowest BCUT2D eigenvalue weighted by Crippen LogP contribution is -2.22. The fourth-order valence-corrected chi connectivity index (χ4v) is 4.29. The van der Waals surface area contributed by atoms with E-state index in [-0.39, 0.29) is 12.8 Å². The maximum absolute atomic E-state index is 10.3. The first kappa shape index (κ1) is 20.4. The van der Waals surface area contributed by atoms with E-state index in [1.807, 2.05) is 33.8 Å². The topological polar surface area (TPSA) is 77.4 Å². The number of rotatable bonds is 6. The molecule has 24 heavy (non-hydrogen) atoms. The van der Waals surface area contributed by atoms with Gasteiger partial charge < -0.3 is 15.0 Å². The van der Waals surface area contributed by atoms with Gasteiger partial charge >= 0.3 is 5.97 Å². The van der Waals surface area contributed by atoms with Gasteiger partial charge in [-0.2, -0.15) is 0 Å². The summed E-state index contributed by atoms with van der Waals surface area (Å²) in [7, 11) is 0. The molecule has 0 aliphatic carbocycles. The second kappa shape index (κ2) is 9.59. The zero-order valence-corrected chi connectivity index (χ0v) is 16.1. The Morgan fingerprint density at radius 3 is 1.62 bits per heavy atom. The van der Waals surface area contributed by atoms with E-state index in [9.17, 15) is 14.7 Å². The maximum atomic E-state index is 10.3. The fraction of sp³-hybridized carbons (Fsp3) is 0.444. The summed E-state index contributed by atoms with van der Waals surface area (Å²) in [5, 5.41) is 18.7. The van der Waals surface area contributed by atoms with Gasteiger partial charge in [-0.25, -0.2) is 0 Å². The van der Waals surface area contributed by atoms with Crippen LogP contribution in [-0.2, 0) is 22.4 Å². The third-order valence-corrected chi connectivity index (χ3v) is 5.51. The summed E-state index contributed by atoms with van der Waals surface area (Å²) < 4.78 is 0. The van der Waals surface area contributed by atoms with Gasteiger partial charge in [0.05, 0.1) is 0 Å². The van der Waals surface area contributed by atoms with Gasteiger partial charge in [-0.15, -0.1) is 22.7 Å². The van der Waals surface area contributed by atoms with Crippen LogP contribution in [-0.4, -0.2) is 17.0 Å². The summed E-state index contributed by atoms with van der Waals surface area (Å²) in [4.78, 5) is 25.4. The summed E-state index contributed by atoms with van der Waals surface area (Å²) in [6.45, 7) is 8.12. The Morgan fingerprint density at radius 2 is 1.33 bits per heavy atom. The number of hydrogen-bond donors (Lipinski definition) is 1. The van der Waals surface area contributed by atoms with Crippen LogP contribution in [0.5, 0.6) is 0 Å². The Bertz CT molecular complexity index is 638. The molecule has 0 radical (unpaired) electrons. The van der Waals surface area contributed by atoms with Gasteiger partial charge in [-0.1, -0.05) is 0 Å². The van der Waals surface area contributed by atoms with E-state index < -0.39 is 11.9 Å². The van der Waals surface area contributed by atoms with Crippen LogP contribution in [0.25, 0.3) is 0 Å². The number of aryl methyl sites for hydroxylation is 6. The number of thiophene rings is 2. The Balaban J connectivity index is 0.000000240. The Morgan fingerprint density at radius 1 is 0.917 bits per heavy atom. The molecular weight excluding hydrogens is 344 g/mol. The summed E-state index contributed by atoms with van der Waals surface area (Å²) in [6, 6.07) is 4.12. The quantitative estimate of drug-likeness (QED) is 0.848. The predicted octanol–water partition coefficient (Wildman–Crippen LogP) is 3.43. The van der Waals surface area contributed by atoms with Crippen molar-refractivity contribution in [3.8, 4) is 0 Å². The zero-order valence-electron chi connectivity index (χ0n) is 14.5. The molecule has 0 fully saturated rings. The van der Waals surface area contributed by atoms with Crippen LogP contribution in [0.3, 0.4) is 0 Å². The third kappa shape index (κ3) is 7.27. The van der Waals surface area contributed by atoms with Crippen molar-refractivity contribution in [2.24, 2.45) is 0 Å². The van der Waals surface area contributed by atoms with Crippen LogP contribution >= 0.6 is 22.7 Å². The molecular formula is C18H23O4S2-. The summed E-state index contributed by atoms with van der Waals surface area (Å²) in [5.41, 5.74) is 2.32. The Labute approximate surface area is 150 Å². The van der Waals surface area contributed by atoms with E-state index >= 15 is 0 Å². The van der Waals surface area contributed by atoms with Crippen LogP contribution in [0.1, 0.15) is 43.5 Å². The highest BCUT2D eigenvalue weighted by molar-refractivity contribution is 7.12. The van der Waals surface area contributed by atoms with E-state index in [1.54, 1.807) is 22.7 Å². The SMILES string of the molecule is Cc1cc(CCC(=O)O)c(C)s1.Cc1cc(CCC(=O)[O-])c(C)s1. The van der Waals surface area contributed by atoms with E-state index in [2.05, 4.69) is 6.07 Å². The molecule has 0 saturated heterocycles. The van der Waals surface area contributed by atoms with Crippen molar-refractivity contribution >= 4 is 34.6 Å². The lowest BCUT2D eigenvalue weighted by atomic mass is 10.1. The van der Waals surface area contributed by atoms with Gasteiger partial charge in [-0.3, -0.25) is 4.79 Å². The number of aliphatic carboxylic acids is 2. The van der Waals surface area contributed by atoms with Crippen molar-refractivity contribution in [2.45, 2.75) is 53.4 Å². The van der Waals surface area contributed by atoms with E-state index in [0.29, 0.717) is 12.8 Å². The third-order valence-electron chi connectivity index (χ3n) is 3.49.